The van der Waals surface area contributed by atoms with Gasteiger partial charge in [0.25, 0.3) is 5.91 Å². The van der Waals surface area contributed by atoms with Crippen molar-refractivity contribution in [1.29, 1.82) is 0 Å². The van der Waals surface area contributed by atoms with Crippen molar-refractivity contribution in [2.75, 3.05) is 4.90 Å². The average molecular weight is 277 g/mol. The summed E-state index contributed by atoms with van der Waals surface area (Å²) in [5.41, 5.74) is -0.997. The van der Waals surface area contributed by atoms with E-state index in [2.05, 4.69) is 0 Å². The summed E-state index contributed by atoms with van der Waals surface area (Å²) in [7, 11) is 0. The second-order valence-electron chi connectivity index (χ2n) is 6.09. The Morgan fingerprint density at radius 2 is 1.95 bits per heavy atom. The molecule has 2 rings (SSSR count). The predicted molar refractivity (Wildman–Crippen MR) is 75.1 cm³/mol. The van der Waals surface area contributed by atoms with Crippen molar-refractivity contribution in [2.45, 2.75) is 45.8 Å². The van der Waals surface area contributed by atoms with E-state index in [-0.39, 0.29) is 5.91 Å². The first kappa shape index (κ1) is 14.4. The third-order valence-corrected chi connectivity index (χ3v) is 3.52. The van der Waals surface area contributed by atoms with E-state index >= 15 is 0 Å². The zero-order valence-electron chi connectivity index (χ0n) is 12.4. The highest BCUT2D eigenvalue weighted by Crippen LogP contribution is 2.41. The van der Waals surface area contributed by atoms with Crippen LogP contribution in [0, 0.1) is 6.92 Å². The fourth-order valence-electron chi connectivity index (χ4n) is 2.24. The topological polar surface area (TPSA) is 66.8 Å². The first-order valence-corrected chi connectivity index (χ1v) is 6.45. The molecule has 0 unspecified atom stereocenters. The minimum absolute atomic E-state index is 0.358. The lowest BCUT2D eigenvalue weighted by atomic mass is 9.94. The molecule has 1 heterocycles. The number of anilines is 1. The van der Waals surface area contributed by atoms with Gasteiger partial charge in [-0.1, -0.05) is 6.07 Å². The van der Waals surface area contributed by atoms with E-state index in [0.29, 0.717) is 11.4 Å². The van der Waals surface area contributed by atoms with Crippen molar-refractivity contribution in [2.24, 2.45) is 0 Å². The molecule has 0 spiro atoms. The normalized spacial score (nSPS) is 17.4. The Bertz CT molecular complexity index is 590. The van der Waals surface area contributed by atoms with Crippen LogP contribution in [0.2, 0.25) is 0 Å². The number of rotatable bonds is 2. The average Bonchev–Trinajstić information content (AvgIpc) is 2.30. The van der Waals surface area contributed by atoms with Crippen LogP contribution in [0.4, 0.5) is 5.69 Å². The van der Waals surface area contributed by atoms with Gasteiger partial charge in [0.05, 0.1) is 5.69 Å². The summed E-state index contributed by atoms with van der Waals surface area (Å²) in [5, 5.41) is 9.44. The van der Waals surface area contributed by atoms with Crippen LogP contribution in [-0.2, 0) is 9.59 Å². The van der Waals surface area contributed by atoms with Gasteiger partial charge in [-0.2, -0.15) is 0 Å². The molecule has 1 amide bonds. The number of aryl methyl sites for hydroxylation is 1. The fourth-order valence-corrected chi connectivity index (χ4v) is 2.24. The second-order valence-corrected chi connectivity index (χ2v) is 6.09. The summed E-state index contributed by atoms with van der Waals surface area (Å²) in [6, 6.07) is 5.41. The van der Waals surface area contributed by atoms with Gasteiger partial charge in [-0.3, -0.25) is 9.69 Å². The monoisotopic (exact) mass is 277 g/mol. The maximum atomic E-state index is 12.6. The van der Waals surface area contributed by atoms with Crippen LogP contribution in [0.15, 0.2) is 18.2 Å². The summed E-state index contributed by atoms with van der Waals surface area (Å²) in [5.74, 6) is -0.895. The van der Waals surface area contributed by atoms with Crippen LogP contribution < -0.4 is 9.64 Å². The number of carbonyl (C=O) groups excluding carboxylic acids is 1. The van der Waals surface area contributed by atoms with Crippen LogP contribution in [-0.4, -0.2) is 28.1 Å². The Morgan fingerprint density at radius 1 is 1.35 bits per heavy atom. The minimum Gasteiger partial charge on any atom is -0.480 e. The van der Waals surface area contributed by atoms with Gasteiger partial charge in [0.2, 0.25) is 0 Å². The highest BCUT2D eigenvalue weighted by Gasteiger charge is 2.49. The summed E-state index contributed by atoms with van der Waals surface area (Å²) in [4.78, 5) is 25.5. The Balaban J connectivity index is 2.69. The van der Waals surface area contributed by atoms with Gasteiger partial charge >= 0.3 is 5.97 Å². The SMILES string of the molecule is Cc1ccc2c(c1)N(C(C)(C)C(=O)O)C(=O)C(C)(C)O2. The summed E-state index contributed by atoms with van der Waals surface area (Å²) in [6.45, 7) is 8.20. The molecule has 0 aliphatic carbocycles. The molecule has 1 aromatic carbocycles. The quantitative estimate of drug-likeness (QED) is 0.901. The van der Waals surface area contributed by atoms with E-state index in [1.54, 1.807) is 26.0 Å². The molecule has 0 bridgehead atoms. The number of hydrogen-bond acceptors (Lipinski definition) is 3. The van der Waals surface area contributed by atoms with Gasteiger partial charge in [0.1, 0.15) is 11.3 Å². The molecular formula is C15H19NO4. The number of aliphatic carboxylic acids is 1. The van der Waals surface area contributed by atoms with Crippen LogP contribution in [0.5, 0.6) is 5.75 Å². The Labute approximate surface area is 118 Å². The van der Waals surface area contributed by atoms with Gasteiger partial charge in [0.15, 0.2) is 5.60 Å². The molecule has 5 heteroatoms. The predicted octanol–water partition coefficient (Wildman–Crippen LogP) is 2.36. The molecule has 1 N–H and O–H groups in total. The third-order valence-electron chi connectivity index (χ3n) is 3.52. The number of amides is 1. The maximum absolute atomic E-state index is 12.6. The molecule has 0 radical (unpaired) electrons. The standard InChI is InChI=1S/C15H19NO4/c1-9-6-7-11-10(8-9)16(14(2,3)13(18)19)12(17)15(4,5)20-11/h6-8H,1-5H3,(H,18,19). The molecule has 0 saturated carbocycles. The second kappa shape index (κ2) is 4.23. The van der Waals surface area contributed by atoms with Crippen molar-refractivity contribution in [3.8, 4) is 5.75 Å². The molecule has 0 atom stereocenters. The van der Waals surface area contributed by atoms with Crippen LogP contribution in [0.25, 0.3) is 0 Å². The number of fused-ring (bicyclic) bond motifs is 1. The lowest BCUT2D eigenvalue weighted by Crippen LogP contribution is -2.62. The maximum Gasteiger partial charge on any atom is 0.329 e. The van der Waals surface area contributed by atoms with Crippen LogP contribution >= 0.6 is 0 Å². The van der Waals surface area contributed by atoms with E-state index in [1.807, 2.05) is 13.0 Å². The number of ether oxygens (including phenoxy) is 1. The largest absolute Gasteiger partial charge is 0.480 e. The lowest BCUT2D eigenvalue weighted by molar-refractivity contribution is -0.146. The van der Waals surface area contributed by atoms with Gasteiger partial charge in [0, 0.05) is 0 Å². The molecule has 1 aromatic rings. The molecule has 0 fully saturated rings. The van der Waals surface area contributed by atoms with Crippen molar-refractivity contribution in [3.05, 3.63) is 23.8 Å². The Kier molecular flexibility index (Phi) is 3.04. The van der Waals surface area contributed by atoms with Gasteiger partial charge in [-0.25, -0.2) is 4.79 Å². The summed E-state index contributed by atoms with van der Waals surface area (Å²) < 4.78 is 5.71. The van der Waals surface area contributed by atoms with E-state index < -0.39 is 17.1 Å². The first-order valence-electron chi connectivity index (χ1n) is 6.45. The summed E-state index contributed by atoms with van der Waals surface area (Å²) >= 11 is 0. The zero-order chi connectivity index (χ0) is 15.3. The fraction of sp³-hybridized carbons (Fsp3) is 0.467. The van der Waals surface area contributed by atoms with Gasteiger partial charge in [-0.15, -0.1) is 0 Å². The number of benzene rings is 1. The van der Waals surface area contributed by atoms with Gasteiger partial charge in [-0.05, 0) is 52.3 Å². The smallest absolute Gasteiger partial charge is 0.329 e. The minimum atomic E-state index is -1.35. The molecule has 20 heavy (non-hydrogen) atoms. The first-order chi connectivity index (χ1) is 9.07. The number of carbonyl (C=O) groups is 2. The van der Waals surface area contributed by atoms with E-state index in [4.69, 9.17) is 4.74 Å². The molecule has 5 nitrogen and oxygen atoms in total. The lowest BCUT2D eigenvalue weighted by Gasteiger charge is -2.44. The summed E-state index contributed by atoms with van der Waals surface area (Å²) in [6.07, 6.45) is 0. The van der Waals surface area contributed by atoms with Crippen molar-refractivity contribution in [1.82, 2.24) is 0 Å². The highest BCUT2D eigenvalue weighted by molar-refractivity contribution is 6.07. The number of carboxylic acid groups (broad SMARTS) is 1. The number of hydrogen-bond donors (Lipinski definition) is 1. The van der Waals surface area contributed by atoms with Crippen molar-refractivity contribution >= 4 is 17.6 Å². The van der Waals surface area contributed by atoms with Crippen molar-refractivity contribution < 1.29 is 19.4 Å². The van der Waals surface area contributed by atoms with Crippen LogP contribution in [0.3, 0.4) is 0 Å². The molecular weight excluding hydrogens is 258 g/mol. The molecule has 1 aliphatic rings. The molecule has 0 aromatic heterocycles. The molecule has 0 saturated heterocycles. The third kappa shape index (κ3) is 2.03. The van der Waals surface area contributed by atoms with Gasteiger partial charge < -0.3 is 9.84 Å². The van der Waals surface area contributed by atoms with E-state index in [1.165, 1.54) is 18.7 Å². The van der Waals surface area contributed by atoms with E-state index in [9.17, 15) is 14.7 Å². The molecule has 108 valence electrons. The van der Waals surface area contributed by atoms with Crippen LogP contribution in [0.1, 0.15) is 33.3 Å². The Hall–Kier alpha value is -2.04. The number of nitrogens with zero attached hydrogens (tertiary/aromatic N) is 1. The zero-order valence-corrected chi connectivity index (χ0v) is 12.4. The van der Waals surface area contributed by atoms with E-state index in [0.717, 1.165) is 5.56 Å². The molecule has 1 aliphatic heterocycles. The van der Waals surface area contributed by atoms with Crippen molar-refractivity contribution in [3.63, 3.8) is 0 Å². The number of carboxylic acids is 1. The Morgan fingerprint density at radius 3 is 2.50 bits per heavy atom. The highest BCUT2D eigenvalue weighted by atomic mass is 16.5.